The lowest BCUT2D eigenvalue weighted by Gasteiger charge is -2.12. The zero-order chi connectivity index (χ0) is 27.1. The Labute approximate surface area is 221 Å². The number of aryl methyl sites for hydroxylation is 3. The third-order valence-electron chi connectivity index (χ3n) is 6.22. The van der Waals surface area contributed by atoms with Crippen LogP contribution in [0.15, 0.2) is 64.0 Å². The number of nitrogens with zero attached hydrogens (tertiary/aromatic N) is 4. The van der Waals surface area contributed by atoms with Gasteiger partial charge in [0.2, 0.25) is 5.91 Å². The van der Waals surface area contributed by atoms with E-state index >= 15 is 0 Å². The van der Waals surface area contributed by atoms with E-state index in [4.69, 9.17) is 21.9 Å². The maximum atomic E-state index is 13.3. The fourth-order valence-electron chi connectivity index (χ4n) is 4.52. The van der Waals surface area contributed by atoms with Gasteiger partial charge >= 0.3 is 0 Å². The molecule has 0 aliphatic heterocycles. The molecule has 0 fully saturated rings. The van der Waals surface area contributed by atoms with E-state index in [2.05, 4.69) is 15.3 Å². The molecule has 1 aromatic carbocycles. The Balaban J connectivity index is 1.57. The summed E-state index contributed by atoms with van der Waals surface area (Å²) in [6.07, 6.45) is 1.62. The van der Waals surface area contributed by atoms with Gasteiger partial charge in [-0.15, -0.1) is 0 Å². The molecule has 0 spiro atoms. The molecule has 0 saturated heterocycles. The van der Waals surface area contributed by atoms with Crippen molar-refractivity contribution in [2.45, 2.75) is 20.4 Å². The maximum Gasteiger partial charge on any atom is 0.290 e. The van der Waals surface area contributed by atoms with Crippen LogP contribution in [0.2, 0.25) is 5.15 Å². The molecular formula is C27H23ClN6O4. The minimum Gasteiger partial charge on any atom is -0.381 e. The highest BCUT2D eigenvalue weighted by atomic mass is 35.5. The number of nitrogens with one attached hydrogen (secondary N) is 1. The number of aromatic nitrogens is 4. The molecule has 2 amide bonds. The summed E-state index contributed by atoms with van der Waals surface area (Å²) >= 11 is 6.29. The number of carbonyl (C=O) groups is 2. The van der Waals surface area contributed by atoms with Crippen molar-refractivity contribution in [1.82, 2.24) is 19.3 Å². The molecule has 4 heterocycles. The van der Waals surface area contributed by atoms with Crippen LogP contribution in [-0.2, 0) is 13.6 Å². The summed E-state index contributed by atoms with van der Waals surface area (Å²) < 4.78 is 8.50. The lowest BCUT2D eigenvalue weighted by atomic mass is 10.1. The van der Waals surface area contributed by atoms with E-state index in [-0.39, 0.29) is 22.0 Å². The number of benzene rings is 1. The highest BCUT2D eigenvalue weighted by Gasteiger charge is 2.21. The third kappa shape index (κ3) is 4.35. The van der Waals surface area contributed by atoms with E-state index in [0.29, 0.717) is 45.7 Å². The first-order valence-corrected chi connectivity index (χ1v) is 12.1. The fourth-order valence-corrected chi connectivity index (χ4v) is 4.73. The Bertz CT molecular complexity index is 1780. The quantitative estimate of drug-likeness (QED) is 0.312. The van der Waals surface area contributed by atoms with E-state index in [9.17, 15) is 14.4 Å². The number of hydrogen-bond acceptors (Lipinski definition) is 6. The molecule has 0 atom stereocenters. The van der Waals surface area contributed by atoms with Gasteiger partial charge in [0.25, 0.3) is 11.5 Å². The average Bonchev–Trinajstić information content (AvgIpc) is 3.38. The molecule has 0 radical (unpaired) electrons. The second-order valence-electron chi connectivity index (χ2n) is 8.66. The van der Waals surface area contributed by atoms with Crippen molar-refractivity contribution in [3.63, 3.8) is 0 Å². The molecule has 5 rings (SSSR count). The summed E-state index contributed by atoms with van der Waals surface area (Å²) in [6.45, 7) is 4.19. The third-order valence-corrected chi connectivity index (χ3v) is 6.41. The molecule has 0 aliphatic carbocycles. The van der Waals surface area contributed by atoms with Crippen molar-refractivity contribution in [3.05, 3.63) is 87.3 Å². The second-order valence-corrected chi connectivity index (χ2v) is 9.05. The predicted molar refractivity (Wildman–Crippen MR) is 144 cm³/mol. The molecule has 5 aromatic rings. The number of nitrogens with two attached hydrogens (primary N) is 1. The number of hydrogen-bond donors (Lipinski definition) is 2. The summed E-state index contributed by atoms with van der Waals surface area (Å²) in [4.78, 5) is 46.2. The molecule has 0 bridgehead atoms. The van der Waals surface area contributed by atoms with Crippen LogP contribution in [0, 0.1) is 6.92 Å². The maximum absolute atomic E-state index is 13.3. The number of carbonyl (C=O) groups excluding carboxylic acids is 2. The predicted octanol–water partition coefficient (Wildman–Crippen LogP) is 4.39. The van der Waals surface area contributed by atoms with E-state index in [1.54, 1.807) is 44.4 Å². The molecule has 38 heavy (non-hydrogen) atoms. The summed E-state index contributed by atoms with van der Waals surface area (Å²) in [5, 5.41) is 3.64. The van der Waals surface area contributed by atoms with Gasteiger partial charge in [0.05, 0.1) is 22.5 Å². The molecule has 0 aliphatic rings. The second kappa shape index (κ2) is 9.64. The van der Waals surface area contributed by atoms with Crippen LogP contribution in [0.3, 0.4) is 0 Å². The standard InChI is InChI=1S/C27H23ClN6O4/c1-4-34-20(19-9-8-16(13-30-19)22-14(2)38-33(3)27(22)37)11-17-12-21(28)32-23(24(17)34)26(36)31-18-7-5-6-15(10-18)25(29)35/h5-13H,4H2,1-3H3,(H2,29,35)(H,31,36). The Morgan fingerprint density at radius 3 is 2.58 bits per heavy atom. The number of halogens is 1. The van der Waals surface area contributed by atoms with Crippen molar-refractivity contribution < 1.29 is 14.1 Å². The zero-order valence-electron chi connectivity index (χ0n) is 20.8. The van der Waals surface area contributed by atoms with Gasteiger partial charge in [-0.25, -0.2) is 4.98 Å². The van der Waals surface area contributed by atoms with Gasteiger partial charge in [0, 0.05) is 42.0 Å². The van der Waals surface area contributed by atoms with Crippen LogP contribution in [0.5, 0.6) is 0 Å². The minimum atomic E-state index is -0.601. The Morgan fingerprint density at radius 2 is 1.95 bits per heavy atom. The normalized spacial score (nSPS) is 11.2. The summed E-state index contributed by atoms with van der Waals surface area (Å²) in [5.41, 5.74) is 8.98. The van der Waals surface area contributed by atoms with E-state index in [1.165, 1.54) is 10.8 Å². The Kier molecular flexibility index (Phi) is 6.33. The van der Waals surface area contributed by atoms with Gasteiger partial charge in [0.15, 0.2) is 5.69 Å². The van der Waals surface area contributed by atoms with Crippen molar-refractivity contribution >= 4 is 40.0 Å². The zero-order valence-corrected chi connectivity index (χ0v) is 21.5. The minimum absolute atomic E-state index is 0.124. The number of anilines is 1. The van der Waals surface area contributed by atoms with Crippen molar-refractivity contribution in [3.8, 4) is 22.5 Å². The van der Waals surface area contributed by atoms with Crippen molar-refractivity contribution in [1.29, 1.82) is 0 Å². The van der Waals surface area contributed by atoms with Gasteiger partial charge in [-0.3, -0.25) is 19.4 Å². The van der Waals surface area contributed by atoms with Crippen LogP contribution < -0.4 is 16.6 Å². The van der Waals surface area contributed by atoms with Gasteiger partial charge < -0.3 is 20.1 Å². The first-order valence-electron chi connectivity index (χ1n) is 11.7. The van der Waals surface area contributed by atoms with Crippen LogP contribution in [0.25, 0.3) is 33.4 Å². The number of rotatable bonds is 6. The number of pyridine rings is 2. The van der Waals surface area contributed by atoms with Gasteiger partial charge in [-0.2, -0.15) is 4.74 Å². The monoisotopic (exact) mass is 530 g/mol. The van der Waals surface area contributed by atoms with Crippen molar-refractivity contribution in [2.75, 3.05) is 5.32 Å². The molecule has 4 aromatic heterocycles. The first-order chi connectivity index (χ1) is 18.2. The number of primary amides is 1. The molecule has 192 valence electrons. The number of fused-ring (bicyclic) bond motifs is 1. The van der Waals surface area contributed by atoms with Crippen LogP contribution in [-0.4, -0.2) is 31.1 Å². The highest BCUT2D eigenvalue weighted by molar-refractivity contribution is 6.30. The molecule has 3 N–H and O–H groups in total. The van der Waals surface area contributed by atoms with Gasteiger partial charge in [-0.1, -0.05) is 23.7 Å². The molecule has 11 heteroatoms. The topological polar surface area (TPSA) is 138 Å². The van der Waals surface area contributed by atoms with Gasteiger partial charge in [-0.05, 0) is 50.2 Å². The summed E-state index contributed by atoms with van der Waals surface area (Å²) in [7, 11) is 1.56. The average molecular weight is 531 g/mol. The molecule has 0 saturated carbocycles. The first kappa shape index (κ1) is 25.0. The largest absolute Gasteiger partial charge is 0.381 e. The fraction of sp³-hybridized carbons (Fsp3) is 0.148. The Morgan fingerprint density at radius 1 is 1.16 bits per heavy atom. The lowest BCUT2D eigenvalue weighted by molar-refractivity contribution is 0.0995. The lowest BCUT2D eigenvalue weighted by Crippen LogP contribution is -2.17. The molecule has 10 nitrogen and oxygen atoms in total. The van der Waals surface area contributed by atoms with Crippen molar-refractivity contribution in [2.24, 2.45) is 12.8 Å². The SMILES string of the molecule is CCn1c(-c2ccc(-c3c(C)on(C)c3=O)cn2)cc2cc(Cl)nc(C(=O)Nc3cccc(C(N)=O)c3)c21. The Hall–Kier alpha value is -4.70. The summed E-state index contributed by atoms with van der Waals surface area (Å²) in [5.74, 6) is -0.587. The van der Waals surface area contributed by atoms with Crippen LogP contribution in [0.1, 0.15) is 33.5 Å². The van der Waals surface area contributed by atoms with E-state index < -0.39 is 11.8 Å². The van der Waals surface area contributed by atoms with E-state index in [0.717, 1.165) is 5.69 Å². The highest BCUT2D eigenvalue weighted by Crippen LogP contribution is 2.32. The molecule has 0 unspecified atom stereocenters. The summed E-state index contributed by atoms with van der Waals surface area (Å²) in [6, 6.07) is 13.5. The van der Waals surface area contributed by atoms with Crippen LogP contribution >= 0.6 is 11.6 Å². The number of amides is 2. The smallest absolute Gasteiger partial charge is 0.290 e. The molecular weight excluding hydrogens is 508 g/mol. The van der Waals surface area contributed by atoms with Crippen LogP contribution in [0.4, 0.5) is 5.69 Å². The van der Waals surface area contributed by atoms with E-state index in [1.807, 2.05) is 29.7 Å². The van der Waals surface area contributed by atoms with Gasteiger partial charge in [0.1, 0.15) is 10.9 Å².